The summed E-state index contributed by atoms with van der Waals surface area (Å²) in [5, 5.41) is 8.35. The molecule has 2 aliphatic heterocycles. The first-order valence-electron chi connectivity index (χ1n) is 13.5. The number of carbonyl (C=O) groups excluding carboxylic acids is 1. The standard InChI is InChI=1S/C29H35Cl2N5O2/c1-19-5-3-14-36(16-19)24-10-7-21(8-11-24)20(2)32-29(37)22-6-4-13-35(17-22)18-27-33-28(34-38-27)25-12-9-23(30)15-26(25)31/h7-12,15,19-20,22H,3-6,13-14,16-18H2,1-2H3,(H,32,37). The molecule has 3 heterocycles. The molecule has 38 heavy (non-hydrogen) atoms. The Morgan fingerprint density at radius 3 is 2.66 bits per heavy atom. The average molecular weight is 557 g/mol. The number of rotatable bonds is 7. The van der Waals surface area contributed by atoms with Crippen LogP contribution < -0.4 is 10.2 Å². The second kappa shape index (κ2) is 12.1. The van der Waals surface area contributed by atoms with Crippen LogP contribution in [0.3, 0.4) is 0 Å². The first kappa shape index (κ1) is 27.0. The van der Waals surface area contributed by atoms with Crippen LogP contribution in [-0.2, 0) is 11.3 Å². The predicted molar refractivity (Wildman–Crippen MR) is 151 cm³/mol. The number of carbonyl (C=O) groups is 1. The molecule has 2 aliphatic rings. The Balaban J connectivity index is 1.15. The van der Waals surface area contributed by atoms with Crippen LogP contribution in [0.4, 0.5) is 5.69 Å². The quantitative estimate of drug-likeness (QED) is 0.365. The van der Waals surface area contributed by atoms with E-state index in [0.29, 0.717) is 40.4 Å². The highest BCUT2D eigenvalue weighted by Crippen LogP contribution is 2.29. The minimum Gasteiger partial charge on any atom is -0.371 e. The van der Waals surface area contributed by atoms with Crippen LogP contribution >= 0.6 is 23.2 Å². The van der Waals surface area contributed by atoms with Crippen molar-refractivity contribution in [3.05, 3.63) is 64.0 Å². The molecule has 0 aliphatic carbocycles. The van der Waals surface area contributed by atoms with Gasteiger partial charge in [0.25, 0.3) is 0 Å². The molecule has 9 heteroatoms. The summed E-state index contributed by atoms with van der Waals surface area (Å²) in [6, 6.07) is 13.8. The van der Waals surface area contributed by atoms with Crippen LogP contribution in [0, 0.1) is 11.8 Å². The third-order valence-corrected chi connectivity index (χ3v) is 8.20. The molecule has 0 radical (unpaired) electrons. The van der Waals surface area contributed by atoms with Gasteiger partial charge in [0.05, 0.1) is 23.5 Å². The van der Waals surface area contributed by atoms with E-state index in [2.05, 4.69) is 63.4 Å². The zero-order chi connectivity index (χ0) is 26.6. The molecule has 7 nitrogen and oxygen atoms in total. The van der Waals surface area contributed by atoms with Crippen molar-refractivity contribution in [1.29, 1.82) is 0 Å². The molecule has 1 N–H and O–H groups in total. The maximum Gasteiger partial charge on any atom is 0.241 e. The third-order valence-electron chi connectivity index (χ3n) is 7.65. The number of halogens is 2. The third kappa shape index (κ3) is 6.50. The number of hydrogen-bond acceptors (Lipinski definition) is 6. The molecule has 5 rings (SSSR count). The van der Waals surface area contributed by atoms with Crippen LogP contribution in [0.1, 0.15) is 57.0 Å². The maximum atomic E-state index is 13.2. The second-order valence-corrected chi connectivity index (χ2v) is 11.6. The molecule has 0 spiro atoms. The summed E-state index contributed by atoms with van der Waals surface area (Å²) < 4.78 is 5.49. The van der Waals surface area contributed by atoms with Crippen molar-refractivity contribution in [3.63, 3.8) is 0 Å². The molecule has 202 valence electrons. The van der Waals surface area contributed by atoms with Gasteiger partial charge in [-0.15, -0.1) is 0 Å². The summed E-state index contributed by atoms with van der Waals surface area (Å²) in [5.41, 5.74) is 3.07. The minimum absolute atomic E-state index is 0.0465. The lowest BCUT2D eigenvalue weighted by Gasteiger charge is -2.33. The lowest BCUT2D eigenvalue weighted by molar-refractivity contribution is -0.127. The number of nitrogens with one attached hydrogen (secondary N) is 1. The number of piperidine rings is 2. The fourth-order valence-electron chi connectivity index (χ4n) is 5.52. The second-order valence-electron chi connectivity index (χ2n) is 10.7. The SMILES string of the molecule is CC1CCCN(c2ccc(C(C)NC(=O)C3CCCN(Cc4nc(-c5ccc(Cl)cc5Cl)no4)C3)cc2)C1. The fraction of sp³-hybridized carbons (Fsp3) is 0.483. The van der Waals surface area contributed by atoms with Crippen molar-refractivity contribution in [2.45, 2.75) is 52.1 Å². The van der Waals surface area contributed by atoms with E-state index in [1.165, 1.54) is 18.5 Å². The number of amides is 1. The molecule has 0 saturated carbocycles. The van der Waals surface area contributed by atoms with Gasteiger partial charge in [0.1, 0.15) is 0 Å². The van der Waals surface area contributed by atoms with Gasteiger partial charge >= 0.3 is 0 Å². The summed E-state index contributed by atoms with van der Waals surface area (Å²) in [7, 11) is 0. The molecular weight excluding hydrogens is 521 g/mol. The maximum absolute atomic E-state index is 13.2. The van der Waals surface area contributed by atoms with Crippen molar-refractivity contribution in [2.75, 3.05) is 31.1 Å². The number of aromatic nitrogens is 2. The molecule has 2 aromatic carbocycles. The fourth-order valence-corrected chi connectivity index (χ4v) is 6.01. The molecule has 1 aromatic heterocycles. The van der Waals surface area contributed by atoms with Crippen molar-refractivity contribution < 1.29 is 9.32 Å². The summed E-state index contributed by atoms with van der Waals surface area (Å²) in [5.74, 6) is 1.69. The molecule has 3 aromatic rings. The first-order valence-corrected chi connectivity index (χ1v) is 14.3. The van der Waals surface area contributed by atoms with Gasteiger partial charge in [-0.3, -0.25) is 9.69 Å². The Labute approximate surface area is 234 Å². The Bertz CT molecular complexity index is 1250. The van der Waals surface area contributed by atoms with E-state index >= 15 is 0 Å². The number of likely N-dealkylation sites (tertiary alicyclic amines) is 1. The summed E-state index contributed by atoms with van der Waals surface area (Å²) >= 11 is 12.3. The highest BCUT2D eigenvalue weighted by Gasteiger charge is 2.28. The molecule has 2 saturated heterocycles. The topological polar surface area (TPSA) is 74.5 Å². The smallest absolute Gasteiger partial charge is 0.241 e. The Morgan fingerprint density at radius 2 is 1.89 bits per heavy atom. The van der Waals surface area contributed by atoms with Crippen LogP contribution in [-0.4, -0.2) is 47.1 Å². The lowest BCUT2D eigenvalue weighted by atomic mass is 9.96. The van der Waals surface area contributed by atoms with Gasteiger partial charge in [0.2, 0.25) is 17.6 Å². The van der Waals surface area contributed by atoms with Crippen LogP contribution in [0.15, 0.2) is 47.0 Å². The minimum atomic E-state index is -0.0755. The van der Waals surface area contributed by atoms with Gasteiger partial charge in [-0.1, -0.05) is 47.4 Å². The Kier molecular flexibility index (Phi) is 8.56. The predicted octanol–water partition coefficient (Wildman–Crippen LogP) is 6.37. The van der Waals surface area contributed by atoms with Crippen molar-refractivity contribution in [2.24, 2.45) is 11.8 Å². The molecule has 1 amide bonds. The van der Waals surface area contributed by atoms with E-state index < -0.39 is 0 Å². The number of hydrogen-bond donors (Lipinski definition) is 1. The van der Waals surface area contributed by atoms with Crippen molar-refractivity contribution in [1.82, 2.24) is 20.4 Å². The van der Waals surface area contributed by atoms with Crippen molar-refractivity contribution in [3.8, 4) is 11.4 Å². The highest BCUT2D eigenvalue weighted by atomic mass is 35.5. The average Bonchev–Trinajstić information content (AvgIpc) is 3.37. The molecule has 3 atom stereocenters. The normalized spacial score (nSPS) is 21.3. The number of anilines is 1. The van der Waals surface area contributed by atoms with Gasteiger partial charge < -0.3 is 14.7 Å². The van der Waals surface area contributed by atoms with E-state index in [-0.39, 0.29) is 17.9 Å². The number of benzene rings is 2. The van der Waals surface area contributed by atoms with Crippen LogP contribution in [0.25, 0.3) is 11.4 Å². The zero-order valence-electron chi connectivity index (χ0n) is 22.0. The first-order chi connectivity index (χ1) is 18.4. The number of nitrogens with zero attached hydrogens (tertiary/aromatic N) is 4. The Morgan fingerprint density at radius 1 is 1.11 bits per heavy atom. The molecular formula is C29H35Cl2N5O2. The van der Waals surface area contributed by atoms with E-state index in [4.69, 9.17) is 27.7 Å². The van der Waals surface area contributed by atoms with Gasteiger partial charge in [-0.25, -0.2) is 0 Å². The van der Waals surface area contributed by atoms with E-state index in [1.807, 2.05) is 0 Å². The highest BCUT2D eigenvalue weighted by molar-refractivity contribution is 6.36. The Hall–Kier alpha value is -2.61. The van der Waals surface area contributed by atoms with E-state index in [0.717, 1.165) is 44.0 Å². The molecule has 3 unspecified atom stereocenters. The van der Waals surface area contributed by atoms with E-state index in [9.17, 15) is 4.79 Å². The van der Waals surface area contributed by atoms with Crippen LogP contribution in [0.2, 0.25) is 10.0 Å². The summed E-state index contributed by atoms with van der Waals surface area (Å²) in [6.07, 6.45) is 4.37. The largest absolute Gasteiger partial charge is 0.371 e. The molecule has 0 bridgehead atoms. The monoisotopic (exact) mass is 555 g/mol. The summed E-state index contributed by atoms with van der Waals surface area (Å²) in [4.78, 5) is 22.3. The summed E-state index contributed by atoms with van der Waals surface area (Å²) in [6.45, 7) is 8.64. The van der Waals surface area contributed by atoms with Gasteiger partial charge in [-0.05, 0) is 81.0 Å². The zero-order valence-corrected chi connectivity index (χ0v) is 23.5. The van der Waals surface area contributed by atoms with Crippen molar-refractivity contribution >= 4 is 34.8 Å². The van der Waals surface area contributed by atoms with E-state index in [1.54, 1.807) is 18.2 Å². The van der Waals surface area contributed by atoms with Gasteiger partial charge in [-0.2, -0.15) is 4.98 Å². The lowest BCUT2D eigenvalue weighted by Crippen LogP contribution is -2.43. The van der Waals surface area contributed by atoms with Gasteiger partial charge in [0, 0.05) is 35.9 Å². The van der Waals surface area contributed by atoms with Gasteiger partial charge in [0.15, 0.2) is 0 Å². The molecule has 2 fully saturated rings. The van der Waals surface area contributed by atoms with Crippen LogP contribution in [0.5, 0.6) is 0 Å².